The second-order valence-corrected chi connectivity index (χ2v) is 5.03. The fraction of sp³-hybridized carbons (Fsp3) is 0.294. The molecule has 1 heterocycles. The molecular weight excluding hydrogens is 278 g/mol. The number of amides is 2. The van der Waals surface area contributed by atoms with Crippen molar-refractivity contribution in [3.05, 3.63) is 42.1 Å². The zero-order chi connectivity index (χ0) is 16.1. The number of rotatable bonds is 6. The lowest BCUT2D eigenvalue weighted by Crippen LogP contribution is -2.33. The number of para-hydroxylation sites is 1. The van der Waals surface area contributed by atoms with Crippen LogP contribution in [0.1, 0.15) is 19.4 Å². The largest absolute Gasteiger partial charge is 0.366 e. The molecule has 116 valence electrons. The first-order valence-electron chi connectivity index (χ1n) is 7.40. The smallest absolute Gasteiger partial charge is 0.242 e. The molecule has 0 atom stereocenters. The minimum absolute atomic E-state index is 0.0798. The lowest BCUT2D eigenvalue weighted by Gasteiger charge is -2.19. The van der Waals surface area contributed by atoms with Gasteiger partial charge in [-0.1, -0.05) is 18.2 Å². The monoisotopic (exact) mass is 299 g/mol. The van der Waals surface area contributed by atoms with Crippen LogP contribution in [0.2, 0.25) is 0 Å². The van der Waals surface area contributed by atoms with E-state index < -0.39 is 5.91 Å². The van der Waals surface area contributed by atoms with Gasteiger partial charge in [0, 0.05) is 41.8 Å². The third-order valence-corrected chi connectivity index (χ3v) is 3.67. The van der Waals surface area contributed by atoms with Crippen molar-refractivity contribution in [2.75, 3.05) is 13.1 Å². The number of primary amides is 1. The van der Waals surface area contributed by atoms with Crippen molar-refractivity contribution < 1.29 is 9.59 Å². The molecule has 0 saturated heterocycles. The van der Waals surface area contributed by atoms with Gasteiger partial charge in [-0.25, -0.2) is 0 Å². The summed E-state index contributed by atoms with van der Waals surface area (Å²) in [5, 5.41) is 0.993. The maximum atomic E-state index is 12.3. The molecule has 0 spiro atoms. The van der Waals surface area contributed by atoms with Crippen LogP contribution in [0.4, 0.5) is 0 Å². The van der Waals surface area contributed by atoms with Crippen molar-refractivity contribution in [3.8, 4) is 0 Å². The average molecular weight is 299 g/mol. The number of aromatic nitrogens is 1. The lowest BCUT2D eigenvalue weighted by atomic mass is 10.1. The summed E-state index contributed by atoms with van der Waals surface area (Å²) in [6.07, 6.45) is 4.90. The highest BCUT2D eigenvalue weighted by atomic mass is 16.2. The molecule has 1 aromatic carbocycles. The zero-order valence-corrected chi connectivity index (χ0v) is 13.0. The summed E-state index contributed by atoms with van der Waals surface area (Å²) in [5.74, 6) is -0.410. The molecule has 0 bridgehead atoms. The molecule has 0 saturated carbocycles. The number of carbonyl (C=O) groups is 2. The molecule has 2 N–H and O–H groups in total. The number of nitrogens with two attached hydrogens (primary N) is 1. The highest BCUT2D eigenvalue weighted by molar-refractivity contribution is 5.96. The SMILES string of the molecule is CCN(CC)C(=O)Cn1cc(/C=C\C(N)=O)c2ccccc21. The van der Waals surface area contributed by atoms with E-state index in [1.54, 1.807) is 11.0 Å². The maximum Gasteiger partial charge on any atom is 0.242 e. The van der Waals surface area contributed by atoms with Gasteiger partial charge in [0.2, 0.25) is 11.8 Å². The Kier molecular flexibility index (Phi) is 4.99. The van der Waals surface area contributed by atoms with Crippen molar-refractivity contribution in [2.45, 2.75) is 20.4 Å². The molecule has 0 unspecified atom stereocenters. The second-order valence-electron chi connectivity index (χ2n) is 5.03. The maximum absolute atomic E-state index is 12.3. The third kappa shape index (κ3) is 3.36. The first-order valence-corrected chi connectivity index (χ1v) is 7.40. The topological polar surface area (TPSA) is 68.3 Å². The predicted molar refractivity (Wildman–Crippen MR) is 88.1 cm³/mol. The number of fused-ring (bicyclic) bond motifs is 1. The fourth-order valence-electron chi connectivity index (χ4n) is 2.53. The van der Waals surface area contributed by atoms with Gasteiger partial charge in [0.25, 0.3) is 0 Å². The van der Waals surface area contributed by atoms with E-state index in [0.29, 0.717) is 13.1 Å². The van der Waals surface area contributed by atoms with E-state index in [2.05, 4.69) is 0 Å². The van der Waals surface area contributed by atoms with E-state index in [0.717, 1.165) is 16.5 Å². The van der Waals surface area contributed by atoms with Gasteiger partial charge in [0.1, 0.15) is 6.54 Å². The summed E-state index contributed by atoms with van der Waals surface area (Å²) >= 11 is 0. The van der Waals surface area contributed by atoms with E-state index in [-0.39, 0.29) is 12.5 Å². The minimum atomic E-state index is -0.490. The third-order valence-electron chi connectivity index (χ3n) is 3.67. The van der Waals surface area contributed by atoms with Crippen molar-refractivity contribution in [1.29, 1.82) is 0 Å². The Balaban J connectivity index is 2.38. The highest BCUT2D eigenvalue weighted by Crippen LogP contribution is 2.22. The minimum Gasteiger partial charge on any atom is -0.366 e. The van der Waals surface area contributed by atoms with E-state index in [1.807, 2.05) is 48.9 Å². The van der Waals surface area contributed by atoms with Gasteiger partial charge in [-0.2, -0.15) is 0 Å². The molecule has 1 aromatic heterocycles. The molecule has 0 fully saturated rings. The van der Waals surface area contributed by atoms with Crippen LogP contribution in [0.5, 0.6) is 0 Å². The van der Waals surface area contributed by atoms with Crippen molar-refractivity contribution >= 4 is 28.8 Å². The molecule has 2 amide bonds. The van der Waals surface area contributed by atoms with E-state index in [9.17, 15) is 9.59 Å². The number of hydrogen-bond acceptors (Lipinski definition) is 2. The predicted octanol–water partition coefficient (Wildman–Crippen LogP) is 2.01. The van der Waals surface area contributed by atoms with Gasteiger partial charge in [-0.3, -0.25) is 9.59 Å². The number of likely N-dealkylation sites (N-methyl/N-ethyl adjacent to an activating group) is 1. The molecular formula is C17H21N3O2. The molecule has 2 rings (SSSR count). The van der Waals surface area contributed by atoms with E-state index in [4.69, 9.17) is 5.73 Å². The molecule has 5 heteroatoms. The van der Waals surface area contributed by atoms with Crippen LogP contribution in [0.25, 0.3) is 17.0 Å². The molecule has 22 heavy (non-hydrogen) atoms. The average Bonchev–Trinajstić information content (AvgIpc) is 2.85. The Hall–Kier alpha value is -2.56. The van der Waals surface area contributed by atoms with E-state index in [1.165, 1.54) is 6.08 Å². The summed E-state index contributed by atoms with van der Waals surface area (Å²) in [5.41, 5.74) is 7.00. The van der Waals surface area contributed by atoms with Crippen LogP contribution in [0, 0.1) is 0 Å². The normalized spacial score (nSPS) is 11.2. The number of hydrogen-bond donors (Lipinski definition) is 1. The van der Waals surface area contributed by atoms with Crippen LogP contribution >= 0.6 is 0 Å². The lowest BCUT2D eigenvalue weighted by molar-refractivity contribution is -0.131. The summed E-state index contributed by atoms with van der Waals surface area (Å²) in [7, 11) is 0. The molecule has 2 aromatic rings. The highest BCUT2D eigenvalue weighted by Gasteiger charge is 2.13. The Morgan fingerprint density at radius 3 is 2.55 bits per heavy atom. The van der Waals surface area contributed by atoms with Crippen LogP contribution in [-0.4, -0.2) is 34.4 Å². The Bertz CT molecular complexity index is 712. The number of carbonyl (C=O) groups excluding carboxylic acids is 2. The zero-order valence-electron chi connectivity index (χ0n) is 13.0. The fourth-order valence-corrected chi connectivity index (χ4v) is 2.53. The molecule has 0 radical (unpaired) electrons. The first-order chi connectivity index (χ1) is 10.6. The Labute approximate surface area is 130 Å². The van der Waals surface area contributed by atoms with Gasteiger partial charge in [0.05, 0.1) is 0 Å². The summed E-state index contributed by atoms with van der Waals surface area (Å²) < 4.78 is 1.91. The van der Waals surface area contributed by atoms with Crippen LogP contribution in [0.15, 0.2) is 36.5 Å². The number of nitrogens with zero attached hydrogens (tertiary/aromatic N) is 2. The van der Waals surface area contributed by atoms with E-state index >= 15 is 0 Å². The summed E-state index contributed by atoms with van der Waals surface area (Å²) in [6, 6.07) is 7.80. The quantitative estimate of drug-likeness (QED) is 0.829. The second kappa shape index (κ2) is 6.93. The van der Waals surface area contributed by atoms with Crippen LogP contribution in [0.3, 0.4) is 0 Å². The van der Waals surface area contributed by atoms with Crippen LogP contribution in [-0.2, 0) is 16.1 Å². The molecule has 0 aliphatic heterocycles. The molecule has 5 nitrogen and oxygen atoms in total. The van der Waals surface area contributed by atoms with Crippen molar-refractivity contribution in [3.63, 3.8) is 0 Å². The Morgan fingerprint density at radius 1 is 1.23 bits per heavy atom. The molecule has 0 aliphatic carbocycles. The Morgan fingerprint density at radius 2 is 1.91 bits per heavy atom. The van der Waals surface area contributed by atoms with Gasteiger partial charge in [-0.15, -0.1) is 0 Å². The molecule has 0 aliphatic rings. The first kappa shape index (κ1) is 15.8. The summed E-state index contributed by atoms with van der Waals surface area (Å²) in [6.45, 7) is 5.62. The standard InChI is InChI=1S/C17H21N3O2/c1-3-19(4-2)17(22)12-20-11-13(9-10-16(18)21)14-7-5-6-8-15(14)20/h5-11H,3-4,12H2,1-2H3,(H2,18,21)/b10-9-. The van der Waals surface area contributed by atoms with Crippen molar-refractivity contribution in [2.24, 2.45) is 5.73 Å². The van der Waals surface area contributed by atoms with Gasteiger partial charge >= 0.3 is 0 Å². The summed E-state index contributed by atoms with van der Waals surface area (Å²) in [4.78, 5) is 25.0. The van der Waals surface area contributed by atoms with Gasteiger partial charge in [-0.05, 0) is 26.0 Å². The van der Waals surface area contributed by atoms with Gasteiger partial charge in [0.15, 0.2) is 0 Å². The van der Waals surface area contributed by atoms with Gasteiger partial charge < -0.3 is 15.2 Å². The number of benzene rings is 1. The van der Waals surface area contributed by atoms with Crippen molar-refractivity contribution in [1.82, 2.24) is 9.47 Å². The van der Waals surface area contributed by atoms with Crippen LogP contribution < -0.4 is 5.73 Å².